The Balaban J connectivity index is 1.49. The Morgan fingerprint density at radius 3 is 2.28 bits per heavy atom. The molecule has 0 radical (unpaired) electrons. The largest absolute Gasteiger partial charge is 0.291 e. The molecule has 1 atom stereocenters. The van der Waals surface area contributed by atoms with Crippen molar-refractivity contribution in [1.82, 2.24) is 10.4 Å². The Morgan fingerprint density at radius 1 is 0.875 bits per heavy atom. The van der Waals surface area contributed by atoms with E-state index in [-0.39, 0.29) is 11.1 Å². The maximum Gasteiger partial charge on any atom is 0.287 e. The van der Waals surface area contributed by atoms with E-state index in [1.54, 1.807) is 12.1 Å². The number of benzene rings is 2. The number of para-hydroxylation sites is 1. The zero-order valence-corrected chi connectivity index (χ0v) is 19.7. The smallest absolute Gasteiger partial charge is 0.287 e. The van der Waals surface area contributed by atoms with Crippen LogP contribution >= 0.6 is 0 Å². The molecular weight excluding hydrogens is 420 g/mol. The van der Waals surface area contributed by atoms with Gasteiger partial charge in [-0.2, -0.15) is 13.4 Å². The maximum absolute atomic E-state index is 12.7. The lowest BCUT2D eigenvalue weighted by molar-refractivity contribution is 0.176. The number of fused-ring (bicyclic) bond motifs is 3. The predicted molar refractivity (Wildman–Crippen MR) is 130 cm³/mol. The van der Waals surface area contributed by atoms with Gasteiger partial charge in [-0.15, -0.1) is 4.40 Å². The molecule has 4 rings (SSSR count). The van der Waals surface area contributed by atoms with Gasteiger partial charge in [0.25, 0.3) is 10.0 Å². The molecule has 6 nitrogen and oxygen atoms in total. The molecule has 1 fully saturated rings. The number of sulfonamides is 1. The van der Waals surface area contributed by atoms with E-state index >= 15 is 0 Å². The molecule has 0 aliphatic carbocycles. The molecule has 0 bridgehead atoms. The summed E-state index contributed by atoms with van der Waals surface area (Å²) >= 11 is 0. The first-order valence-electron chi connectivity index (χ1n) is 11.9. The van der Waals surface area contributed by atoms with E-state index in [1.165, 1.54) is 50.5 Å². The summed E-state index contributed by atoms with van der Waals surface area (Å²) in [6.07, 6.45) is 11.1. The SMILES string of the molecule is CCCCCCCCCCC1N(Cc2ccccc2)NC2=NS(=O)(=O)c3ccccc3N21. The maximum atomic E-state index is 12.7. The highest BCUT2D eigenvalue weighted by molar-refractivity contribution is 7.90. The summed E-state index contributed by atoms with van der Waals surface area (Å²) in [6.45, 7) is 2.93. The molecule has 0 amide bonds. The lowest BCUT2D eigenvalue weighted by Gasteiger charge is -2.31. The summed E-state index contributed by atoms with van der Waals surface area (Å²) in [7, 11) is -3.70. The fourth-order valence-electron chi connectivity index (χ4n) is 4.58. The van der Waals surface area contributed by atoms with Crippen LogP contribution in [0.3, 0.4) is 0 Å². The second-order valence-electron chi connectivity index (χ2n) is 8.70. The highest BCUT2D eigenvalue weighted by Crippen LogP contribution is 2.36. The Labute approximate surface area is 192 Å². The molecule has 172 valence electrons. The van der Waals surface area contributed by atoms with E-state index in [2.05, 4.69) is 38.8 Å². The van der Waals surface area contributed by atoms with Gasteiger partial charge in [-0.1, -0.05) is 94.3 Å². The standard InChI is InChI=1S/C25H34N4O2S/c1-2-3-4-5-6-7-8-12-19-24-28(20-21-15-10-9-11-16-21)26-25-27-32(30,31)23-18-14-13-17-22(23)29(24)25/h9-11,13-18,24H,2-8,12,19-20H2,1H3,(H,26,27). The number of hydrogen-bond donors (Lipinski definition) is 1. The van der Waals surface area contributed by atoms with Crippen LogP contribution in [0.4, 0.5) is 5.69 Å². The van der Waals surface area contributed by atoms with Crippen LogP contribution in [-0.4, -0.2) is 25.6 Å². The molecule has 2 aromatic carbocycles. The van der Waals surface area contributed by atoms with Crippen LogP contribution in [0.25, 0.3) is 0 Å². The molecule has 0 aromatic heterocycles. The Hall–Kier alpha value is -2.38. The van der Waals surface area contributed by atoms with Gasteiger partial charge >= 0.3 is 0 Å². The number of hydrazine groups is 1. The first kappa shape index (κ1) is 22.8. The normalized spacial score (nSPS) is 19.2. The van der Waals surface area contributed by atoms with Crippen LogP contribution in [-0.2, 0) is 16.6 Å². The van der Waals surface area contributed by atoms with Gasteiger partial charge in [-0.05, 0) is 30.5 Å². The van der Waals surface area contributed by atoms with Gasteiger partial charge in [0, 0.05) is 6.54 Å². The van der Waals surface area contributed by atoms with Gasteiger partial charge in [-0.3, -0.25) is 10.3 Å². The summed E-state index contributed by atoms with van der Waals surface area (Å²) in [6, 6.07) is 17.5. The average molecular weight is 455 g/mol. The Kier molecular flexibility index (Phi) is 7.48. The third-order valence-electron chi connectivity index (χ3n) is 6.25. The van der Waals surface area contributed by atoms with Crippen molar-refractivity contribution in [3.63, 3.8) is 0 Å². The van der Waals surface area contributed by atoms with Crippen molar-refractivity contribution in [2.75, 3.05) is 4.90 Å². The number of nitrogens with one attached hydrogen (secondary N) is 1. The molecule has 2 aliphatic rings. The fourth-order valence-corrected chi connectivity index (χ4v) is 5.72. The van der Waals surface area contributed by atoms with Crippen molar-refractivity contribution in [3.05, 3.63) is 60.2 Å². The molecule has 2 heterocycles. The number of unbranched alkanes of at least 4 members (excludes halogenated alkanes) is 7. The summed E-state index contributed by atoms with van der Waals surface area (Å²) in [5.41, 5.74) is 5.18. The molecule has 7 heteroatoms. The Morgan fingerprint density at radius 2 is 1.53 bits per heavy atom. The molecule has 32 heavy (non-hydrogen) atoms. The lowest BCUT2D eigenvalue weighted by atomic mass is 10.1. The molecule has 2 aliphatic heterocycles. The van der Waals surface area contributed by atoms with E-state index in [1.807, 2.05) is 30.3 Å². The minimum Gasteiger partial charge on any atom is -0.291 e. The van der Waals surface area contributed by atoms with Crippen molar-refractivity contribution >= 4 is 21.7 Å². The fraction of sp³-hybridized carbons (Fsp3) is 0.480. The van der Waals surface area contributed by atoms with Gasteiger partial charge in [0.15, 0.2) is 0 Å². The molecule has 1 saturated heterocycles. The van der Waals surface area contributed by atoms with Crippen molar-refractivity contribution in [2.45, 2.75) is 82.3 Å². The summed E-state index contributed by atoms with van der Waals surface area (Å²) in [5.74, 6) is 0.407. The molecule has 2 aromatic rings. The van der Waals surface area contributed by atoms with Gasteiger partial charge < -0.3 is 0 Å². The first-order valence-corrected chi connectivity index (χ1v) is 13.3. The summed E-state index contributed by atoms with van der Waals surface area (Å²) in [4.78, 5) is 2.36. The van der Waals surface area contributed by atoms with E-state index < -0.39 is 10.0 Å². The van der Waals surface area contributed by atoms with Crippen LogP contribution in [0, 0.1) is 0 Å². The van der Waals surface area contributed by atoms with E-state index in [0.29, 0.717) is 18.2 Å². The van der Waals surface area contributed by atoms with Crippen molar-refractivity contribution < 1.29 is 8.42 Å². The summed E-state index contributed by atoms with van der Waals surface area (Å²) < 4.78 is 29.6. The number of rotatable bonds is 11. The lowest BCUT2D eigenvalue weighted by Crippen LogP contribution is -2.41. The first-order chi connectivity index (χ1) is 15.6. The zero-order chi connectivity index (χ0) is 22.4. The Bertz CT molecular complexity index is 1020. The number of hydrogen-bond acceptors (Lipinski definition) is 5. The minimum atomic E-state index is -3.70. The minimum absolute atomic E-state index is 0.0192. The summed E-state index contributed by atoms with van der Waals surface area (Å²) in [5, 5.41) is 2.13. The van der Waals surface area contributed by atoms with Crippen LogP contribution < -0.4 is 10.3 Å². The quantitative estimate of drug-likeness (QED) is 0.459. The van der Waals surface area contributed by atoms with Gasteiger partial charge in [-0.25, -0.2) is 0 Å². The van der Waals surface area contributed by atoms with Gasteiger partial charge in [0.2, 0.25) is 5.96 Å². The number of anilines is 1. The molecule has 1 N–H and O–H groups in total. The monoisotopic (exact) mass is 454 g/mol. The van der Waals surface area contributed by atoms with Gasteiger partial charge in [0.05, 0.1) is 5.69 Å². The van der Waals surface area contributed by atoms with E-state index in [0.717, 1.165) is 12.8 Å². The third kappa shape index (κ3) is 5.15. The zero-order valence-electron chi connectivity index (χ0n) is 18.9. The van der Waals surface area contributed by atoms with E-state index in [4.69, 9.17) is 0 Å². The van der Waals surface area contributed by atoms with Gasteiger partial charge in [0.1, 0.15) is 11.1 Å². The van der Waals surface area contributed by atoms with Crippen LogP contribution in [0.1, 0.15) is 70.3 Å². The second kappa shape index (κ2) is 10.5. The number of guanidine groups is 1. The highest BCUT2D eigenvalue weighted by atomic mass is 32.2. The third-order valence-corrected chi connectivity index (χ3v) is 7.56. The molecule has 0 saturated carbocycles. The average Bonchev–Trinajstić information content (AvgIpc) is 3.12. The molecule has 0 spiro atoms. The highest BCUT2D eigenvalue weighted by Gasteiger charge is 2.42. The van der Waals surface area contributed by atoms with Crippen molar-refractivity contribution in [1.29, 1.82) is 0 Å². The predicted octanol–water partition coefficient (Wildman–Crippen LogP) is 5.43. The second-order valence-corrected chi connectivity index (χ2v) is 10.3. The van der Waals surface area contributed by atoms with Crippen LogP contribution in [0.15, 0.2) is 63.9 Å². The number of nitrogens with zero attached hydrogens (tertiary/aromatic N) is 3. The molecule has 1 unspecified atom stereocenters. The van der Waals surface area contributed by atoms with Crippen LogP contribution in [0.5, 0.6) is 0 Å². The molecular formula is C25H34N4O2S. The van der Waals surface area contributed by atoms with Crippen LogP contribution in [0.2, 0.25) is 0 Å². The van der Waals surface area contributed by atoms with Crippen molar-refractivity contribution in [3.8, 4) is 0 Å². The van der Waals surface area contributed by atoms with E-state index in [9.17, 15) is 8.42 Å². The van der Waals surface area contributed by atoms with Crippen molar-refractivity contribution in [2.24, 2.45) is 4.40 Å². The topological polar surface area (TPSA) is 65.0 Å².